The molecule has 0 bridgehead atoms. The highest BCUT2D eigenvalue weighted by atomic mass is 16.1. The first-order valence-electron chi connectivity index (χ1n) is 7.38. The minimum absolute atomic E-state index is 0.459. The summed E-state index contributed by atoms with van der Waals surface area (Å²) in [4.78, 5) is 11.7. The van der Waals surface area contributed by atoms with Gasteiger partial charge in [0, 0.05) is 18.4 Å². The molecule has 0 spiro atoms. The lowest BCUT2D eigenvalue weighted by Gasteiger charge is -2.28. The number of allylic oxidation sites excluding steroid dienone is 4. The van der Waals surface area contributed by atoms with E-state index in [1.807, 2.05) is 6.21 Å². The lowest BCUT2D eigenvalue weighted by atomic mass is 9.75. The van der Waals surface area contributed by atoms with Gasteiger partial charge in [-0.3, -0.25) is 4.79 Å². The number of hydrogen-bond acceptors (Lipinski definition) is 3. The summed E-state index contributed by atoms with van der Waals surface area (Å²) in [6.45, 7) is 0. The maximum Gasteiger partial charge on any atom is 0.133 e. The van der Waals surface area contributed by atoms with Crippen LogP contribution in [0.1, 0.15) is 44.9 Å². The molecule has 1 heterocycles. The Bertz CT molecular complexity index is 565. The number of carbonyl (C=O) groups is 1. The number of fused-ring (bicyclic) bond motifs is 3. The first-order valence-corrected chi connectivity index (χ1v) is 7.38. The van der Waals surface area contributed by atoms with E-state index in [2.05, 4.69) is 16.3 Å². The second-order valence-corrected chi connectivity index (χ2v) is 6.14. The van der Waals surface area contributed by atoms with E-state index in [0.29, 0.717) is 17.6 Å². The van der Waals surface area contributed by atoms with Crippen molar-refractivity contribution >= 4 is 17.7 Å². The first-order chi connectivity index (χ1) is 9.31. The number of nitrogens with zero attached hydrogens (tertiary/aromatic N) is 2. The molecule has 1 aliphatic heterocycles. The summed E-state index contributed by atoms with van der Waals surface area (Å²) < 4.78 is 0. The van der Waals surface area contributed by atoms with E-state index in [-0.39, 0.29) is 0 Å². The van der Waals surface area contributed by atoms with Crippen LogP contribution in [0, 0.1) is 11.8 Å². The van der Waals surface area contributed by atoms with E-state index < -0.39 is 0 Å². The zero-order valence-electron chi connectivity index (χ0n) is 11.1. The smallest absolute Gasteiger partial charge is 0.133 e. The predicted octanol–water partition coefficient (Wildman–Crippen LogP) is 3.22. The number of ketones is 1. The van der Waals surface area contributed by atoms with E-state index in [4.69, 9.17) is 0 Å². The van der Waals surface area contributed by atoms with Gasteiger partial charge in [0.25, 0.3) is 0 Å². The van der Waals surface area contributed by atoms with Gasteiger partial charge in [0.05, 0.1) is 11.9 Å². The average Bonchev–Trinajstić information content (AvgIpc) is 2.78. The number of rotatable bonds is 0. The maximum absolute atomic E-state index is 11.7. The predicted molar refractivity (Wildman–Crippen MR) is 75.3 cm³/mol. The molecule has 0 aromatic heterocycles. The summed E-state index contributed by atoms with van der Waals surface area (Å²) in [7, 11) is 0. The molecule has 4 rings (SSSR count). The topological polar surface area (TPSA) is 41.8 Å². The fourth-order valence-corrected chi connectivity index (χ4v) is 4.06. The SMILES string of the molecule is O=C1CCC2=C3C=C4C=NN=C4CC3CCCC2C1. The molecule has 0 saturated heterocycles. The van der Waals surface area contributed by atoms with Crippen molar-refractivity contribution in [2.24, 2.45) is 22.0 Å². The first kappa shape index (κ1) is 11.3. The van der Waals surface area contributed by atoms with Crippen LogP contribution in [0.25, 0.3) is 0 Å². The van der Waals surface area contributed by atoms with Crippen molar-refractivity contribution in [1.82, 2.24) is 0 Å². The van der Waals surface area contributed by atoms with E-state index in [1.54, 1.807) is 5.57 Å². The highest BCUT2D eigenvalue weighted by molar-refractivity contribution is 6.19. The minimum atomic E-state index is 0.459. The molecule has 4 aliphatic rings. The molecule has 98 valence electrons. The van der Waals surface area contributed by atoms with Crippen molar-refractivity contribution in [1.29, 1.82) is 0 Å². The van der Waals surface area contributed by atoms with Gasteiger partial charge in [-0.1, -0.05) is 12.0 Å². The molecule has 3 nitrogen and oxygen atoms in total. The molecule has 1 fully saturated rings. The Morgan fingerprint density at radius 1 is 1.11 bits per heavy atom. The van der Waals surface area contributed by atoms with Crippen LogP contribution in [0.15, 0.2) is 33.0 Å². The Labute approximate surface area is 113 Å². The normalized spacial score (nSPS) is 33.2. The van der Waals surface area contributed by atoms with Crippen LogP contribution in [0.5, 0.6) is 0 Å². The monoisotopic (exact) mass is 254 g/mol. The van der Waals surface area contributed by atoms with Gasteiger partial charge in [0.15, 0.2) is 0 Å². The summed E-state index contributed by atoms with van der Waals surface area (Å²) in [6, 6.07) is 0. The van der Waals surface area contributed by atoms with Gasteiger partial charge in [-0.25, -0.2) is 0 Å². The van der Waals surface area contributed by atoms with Crippen molar-refractivity contribution in [3.05, 3.63) is 22.8 Å². The fraction of sp³-hybridized carbons (Fsp3) is 0.562. The van der Waals surface area contributed by atoms with Gasteiger partial charge in [-0.15, -0.1) is 0 Å². The third-order valence-corrected chi connectivity index (χ3v) is 5.02. The van der Waals surface area contributed by atoms with Crippen molar-refractivity contribution in [2.75, 3.05) is 0 Å². The molecular formula is C16H18N2O. The molecule has 19 heavy (non-hydrogen) atoms. The molecule has 3 heteroatoms. The molecule has 2 unspecified atom stereocenters. The molecule has 2 atom stereocenters. The summed E-state index contributed by atoms with van der Waals surface area (Å²) in [5, 5.41) is 8.28. The van der Waals surface area contributed by atoms with Gasteiger partial charge in [-0.05, 0) is 49.2 Å². The van der Waals surface area contributed by atoms with Gasteiger partial charge in [0.2, 0.25) is 0 Å². The Morgan fingerprint density at radius 3 is 2.95 bits per heavy atom. The van der Waals surface area contributed by atoms with Gasteiger partial charge >= 0.3 is 0 Å². The van der Waals surface area contributed by atoms with Gasteiger partial charge in [0.1, 0.15) is 5.78 Å². The van der Waals surface area contributed by atoms with Crippen LogP contribution in [-0.4, -0.2) is 17.7 Å². The second-order valence-electron chi connectivity index (χ2n) is 6.14. The highest BCUT2D eigenvalue weighted by Crippen LogP contribution is 2.44. The van der Waals surface area contributed by atoms with E-state index >= 15 is 0 Å². The summed E-state index contributed by atoms with van der Waals surface area (Å²) in [6.07, 6.45) is 11.4. The summed E-state index contributed by atoms with van der Waals surface area (Å²) >= 11 is 0. The Kier molecular flexibility index (Phi) is 2.54. The molecule has 3 aliphatic carbocycles. The van der Waals surface area contributed by atoms with E-state index in [9.17, 15) is 4.79 Å². The Hall–Kier alpha value is -1.51. The lowest BCUT2D eigenvalue weighted by molar-refractivity contribution is -0.120. The minimum Gasteiger partial charge on any atom is -0.300 e. The van der Waals surface area contributed by atoms with Crippen molar-refractivity contribution in [3.63, 3.8) is 0 Å². The Balaban J connectivity index is 1.80. The fourth-order valence-electron chi connectivity index (χ4n) is 4.06. The third kappa shape index (κ3) is 1.83. The summed E-state index contributed by atoms with van der Waals surface area (Å²) in [5.74, 6) is 1.60. The van der Waals surface area contributed by atoms with Crippen molar-refractivity contribution in [3.8, 4) is 0 Å². The molecule has 0 N–H and O–H groups in total. The molecule has 0 aromatic carbocycles. The average molecular weight is 254 g/mol. The number of hydrogen-bond donors (Lipinski definition) is 0. The largest absolute Gasteiger partial charge is 0.300 e. The number of carbonyl (C=O) groups excluding carboxylic acids is 1. The van der Waals surface area contributed by atoms with E-state index in [1.165, 1.54) is 36.1 Å². The van der Waals surface area contributed by atoms with Crippen LogP contribution < -0.4 is 0 Å². The zero-order chi connectivity index (χ0) is 12.8. The zero-order valence-corrected chi connectivity index (χ0v) is 11.1. The molecule has 1 saturated carbocycles. The standard InChI is InChI=1S/C16H18N2O/c19-13-4-5-14-10(6-13)2-1-3-11-8-16-12(7-15(11)14)9-17-18-16/h7,9-11H,1-6,8H2. The van der Waals surface area contributed by atoms with Gasteiger partial charge in [-0.2, -0.15) is 10.2 Å². The van der Waals surface area contributed by atoms with Crippen LogP contribution in [0.2, 0.25) is 0 Å². The van der Waals surface area contributed by atoms with Crippen LogP contribution in [0.3, 0.4) is 0 Å². The maximum atomic E-state index is 11.7. The lowest BCUT2D eigenvalue weighted by Crippen LogP contribution is -2.21. The molecule has 0 aromatic rings. The van der Waals surface area contributed by atoms with Gasteiger partial charge < -0.3 is 0 Å². The van der Waals surface area contributed by atoms with Crippen LogP contribution in [0.4, 0.5) is 0 Å². The van der Waals surface area contributed by atoms with E-state index in [0.717, 1.165) is 25.7 Å². The molecular weight excluding hydrogens is 236 g/mol. The molecule has 0 amide bonds. The van der Waals surface area contributed by atoms with Crippen LogP contribution >= 0.6 is 0 Å². The quantitative estimate of drug-likeness (QED) is 0.654. The second kappa shape index (κ2) is 4.26. The number of Topliss-reactive ketones (excluding diaryl/α,β-unsaturated/α-hetero) is 1. The third-order valence-electron chi connectivity index (χ3n) is 5.02. The highest BCUT2D eigenvalue weighted by Gasteiger charge is 2.34. The molecule has 0 radical (unpaired) electrons. The Morgan fingerprint density at radius 2 is 2.00 bits per heavy atom. The van der Waals surface area contributed by atoms with Crippen molar-refractivity contribution in [2.45, 2.75) is 44.9 Å². The van der Waals surface area contributed by atoms with Crippen molar-refractivity contribution < 1.29 is 4.79 Å². The van der Waals surface area contributed by atoms with Crippen LogP contribution in [-0.2, 0) is 4.79 Å². The summed E-state index contributed by atoms with van der Waals surface area (Å²) in [5.41, 5.74) is 5.47.